The number of carbonyl (C=O) groups excluding carboxylic acids is 3. The van der Waals surface area contributed by atoms with Crippen molar-refractivity contribution in [2.45, 2.75) is 16.2 Å². The number of fused-ring (bicyclic) bond motifs is 2. The minimum Gasteiger partial charge on any atom is -0.484 e. The Morgan fingerprint density at radius 3 is 2.37 bits per heavy atom. The first-order valence-electron chi connectivity index (χ1n) is 12.2. The van der Waals surface area contributed by atoms with E-state index >= 15 is 0 Å². The zero-order valence-corrected chi connectivity index (χ0v) is 24.6. The van der Waals surface area contributed by atoms with Crippen LogP contribution in [0, 0.1) is 5.92 Å². The topological polar surface area (TPSA) is 109 Å². The first-order chi connectivity index (χ1) is 19.7. The average Bonchev–Trinajstić information content (AvgIpc) is 3.44. The van der Waals surface area contributed by atoms with Crippen molar-refractivity contribution in [1.29, 1.82) is 0 Å². The summed E-state index contributed by atoms with van der Waals surface area (Å²) in [5, 5.41) is 3.76. The molecular formula is C28H18Cl3N3O5S2. The van der Waals surface area contributed by atoms with Gasteiger partial charge in [0.05, 0.1) is 26.7 Å². The quantitative estimate of drug-likeness (QED) is 0.241. The van der Waals surface area contributed by atoms with Gasteiger partial charge >= 0.3 is 4.87 Å². The van der Waals surface area contributed by atoms with Crippen molar-refractivity contribution in [3.8, 4) is 5.75 Å². The number of aromatic nitrogens is 1. The molecule has 0 radical (unpaired) electrons. The maximum atomic E-state index is 13.8. The zero-order chi connectivity index (χ0) is 28.8. The molecule has 2 aliphatic rings. The molecule has 13 heteroatoms. The van der Waals surface area contributed by atoms with E-state index in [2.05, 4.69) is 10.3 Å². The maximum Gasteiger partial charge on any atom is 0.305 e. The molecule has 0 aliphatic carbocycles. The third kappa shape index (κ3) is 5.38. The summed E-state index contributed by atoms with van der Waals surface area (Å²) in [5.41, 5.74) is 1.67. The van der Waals surface area contributed by atoms with Gasteiger partial charge in [-0.05, 0) is 60.2 Å². The summed E-state index contributed by atoms with van der Waals surface area (Å²) >= 11 is 20.2. The fourth-order valence-electron chi connectivity index (χ4n) is 4.91. The van der Waals surface area contributed by atoms with Crippen LogP contribution in [-0.2, 0) is 14.4 Å². The van der Waals surface area contributed by atoms with Crippen molar-refractivity contribution in [2.24, 2.45) is 5.92 Å². The Hall–Kier alpha value is -3.28. The number of ether oxygens (including phenoxy) is 1. The fourth-order valence-corrected chi connectivity index (χ4v) is 7.85. The number of rotatable bonds is 6. The highest BCUT2D eigenvalue weighted by Gasteiger charge is 2.56. The molecule has 208 valence electrons. The number of hydrogen-bond acceptors (Lipinski definition) is 7. The predicted octanol–water partition coefficient (Wildman–Crippen LogP) is 6.21. The molecule has 0 spiro atoms. The largest absolute Gasteiger partial charge is 0.484 e. The van der Waals surface area contributed by atoms with Gasteiger partial charge < -0.3 is 15.0 Å². The van der Waals surface area contributed by atoms with Crippen LogP contribution in [0.3, 0.4) is 0 Å². The minimum atomic E-state index is -0.717. The summed E-state index contributed by atoms with van der Waals surface area (Å²) in [6.07, 6.45) is 0. The highest BCUT2D eigenvalue weighted by molar-refractivity contribution is 8.00. The molecule has 3 amide bonds. The summed E-state index contributed by atoms with van der Waals surface area (Å²) in [5.74, 6) is -1.89. The Morgan fingerprint density at radius 1 is 0.927 bits per heavy atom. The Labute approximate surface area is 256 Å². The molecule has 2 N–H and O–H groups in total. The number of amides is 3. The van der Waals surface area contributed by atoms with E-state index in [-0.39, 0.29) is 23.3 Å². The molecular weight excluding hydrogens is 629 g/mol. The van der Waals surface area contributed by atoms with Crippen LogP contribution in [0.15, 0.2) is 76.6 Å². The predicted molar refractivity (Wildman–Crippen MR) is 161 cm³/mol. The number of thioether (sulfide) groups is 1. The molecule has 41 heavy (non-hydrogen) atoms. The van der Waals surface area contributed by atoms with Crippen molar-refractivity contribution in [1.82, 2.24) is 4.98 Å². The Balaban J connectivity index is 1.23. The average molecular weight is 647 g/mol. The second-order valence-electron chi connectivity index (χ2n) is 9.27. The summed E-state index contributed by atoms with van der Waals surface area (Å²) in [6, 6.07) is 18.2. The van der Waals surface area contributed by atoms with E-state index in [0.717, 1.165) is 16.9 Å². The smallest absolute Gasteiger partial charge is 0.305 e. The molecule has 0 saturated carbocycles. The highest BCUT2D eigenvalue weighted by atomic mass is 35.5. The van der Waals surface area contributed by atoms with Crippen LogP contribution in [0.5, 0.6) is 5.75 Å². The number of carbonyl (C=O) groups is 3. The Bertz CT molecular complexity index is 1740. The van der Waals surface area contributed by atoms with Gasteiger partial charge in [-0.3, -0.25) is 19.2 Å². The molecule has 2 aliphatic heterocycles. The number of imide groups is 1. The van der Waals surface area contributed by atoms with Crippen molar-refractivity contribution in [3.05, 3.63) is 102 Å². The normalized spacial score (nSPS) is 19.6. The molecule has 0 bridgehead atoms. The molecule has 8 nitrogen and oxygen atoms in total. The number of nitrogens with one attached hydrogen (secondary N) is 2. The third-order valence-corrected chi connectivity index (χ3v) is 10.1. The molecule has 6 rings (SSSR count). The molecule has 1 aromatic heterocycles. The van der Waals surface area contributed by atoms with E-state index in [1.165, 1.54) is 16.7 Å². The van der Waals surface area contributed by atoms with Crippen LogP contribution in [0.25, 0.3) is 0 Å². The van der Waals surface area contributed by atoms with Crippen molar-refractivity contribution in [2.75, 3.05) is 16.8 Å². The first-order valence-corrected chi connectivity index (χ1v) is 15.0. The van der Waals surface area contributed by atoms with E-state index in [9.17, 15) is 19.2 Å². The fraction of sp³-hybridized carbons (Fsp3) is 0.143. The number of hydrogen-bond donors (Lipinski definition) is 2. The lowest BCUT2D eigenvalue weighted by Gasteiger charge is -2.29. The van der Waals surface area contributed by atoms with Gasteiger partial charge in [-0.2, -0.15) is 0 Å². The second kappa shape index (κ2) is 11.2. The van der Waals surface area contributed by atoms with Crippen LogP contribution in [0.4, 0.5) is 11.4 Å². The van der Waals surface area contributed by atoms with Crippen molar-refractivity contribution >= 4 is 87.0 Å². The lowest BCUT2D eigenvalue weighted by molar-refractivity contribution is -0.122. The molecule has 1 fully saturated rings. The number of nitrogens with zero attached hydrogens (tertiary/aromatic N) is 1. The lowest BCUT2D eigenvalue weighted by atomic mass is 9.83. The summed E-state index contributed by atoms with van der Waals surface area (Å²) in [7, 11) is 0. The second-order valence-corrected chi connectivity index (χ2v) is 12.7. The summed E-state index contributed by atoms with van der Waals surface area (Å²) in [4.78, 5) is 56.4. The number of halogens is 3. The van der Waals surface area contributed by atoms with Gasteiger partial charge in [-0.25, -0.2) is 4.90 Å². The number of aromatic amines is 1. The number of benzene rings is 3. The summed E-state index contributed by atoms with van der Waals surface area (Å²) in [6.45, 7) is -0.253. The number of H-pyrrole nitrogens is 1. The SMILES string of the molecule is O=C(COc1ccc([C@@H]2c3sc(=O)[nH]c3S[C@H]3C(=O)N(c4ccc(Cl)cc4)C(=O)[C@@H]23)cc1)Nc1ccc(Cl)c(Cl)c1. The van der Waals surface area contributed by atoms with Gasteiger partial charge in [0, 0.05) is 21.5 Å². The van der Waals surface area contributed by atoms with Crippen LogP contribution >= 0.6 is 57.9 Å². The standard InChI is InChI=1S/C28H18Cl3N3O5S2/c29-14-3-6-16(7-4-14)34-26(36)22-21(23-25(33-28(38)41-23)40-24(22)27(34)37)13-1-8-17(9-2-13)39-12-20(35)32-15-5-10-18(30)19(31)11-15/h1-11,21-22,24H,12H2,(H,32,35)(H,33,38)/t21-,22-,24+/m0/s1. The van der Waals surface area contributed by atoms with E-state index in [1.807, 2.05) is 0 Å². The Kier molecular flexibility index (Phi) is 7.60. The van der Waals surface area contributed by atoms with Gasteiger partial charge in [-0.1, -0.05) is 70.0 Å². The number of thiazole rings is 1. The van der Waals surface area contributed by atoms with E-state index in [0.29, 0.717) is 42.1 Å². The highest BCUT2D eigenvalue weighted by Crippen LogP contribution is 2.53. The zero-order valence-electron chi connectivity index (χ0n) is 20.7. The molecule has 0 unspecified atom stereocenters. The number of anilines is 2. The molecule has 4 aromatic rings. The minimum absolute atomic E-state index is 0.253. The molecule has 3 aromatic carbocycles. The summed E-state index contributed by atoms with van der Waals surface area (Å²) < 4.78 is 5.65. The molecule has 3 atom stereocenters. The van der Waals surface area contributed by atoms with Crippen molar-refractivity contribution < 1.29 is 19.1 Å². The van der Waals surface area contributed by atoms with Gasteiger partial charge in [0.1, 0.15) is 11.0 Å². The van der Waals surface area contributed by atoms with Crippen LogP contribution < -0.4 is 19.8 Å². The maximum absolute atomic E-state index is 13.8. The van der Waals surface area contributed by atoms with E-state index in [4.69, 9.17) is 39.5 Å². The van der Waals surface area contributed by atoms with E-state index in [1.54, 1.807) is 66.7 Å². The van der Waals surface area contributed by atoms with Crippen LogP contribution in [0.1, 0.15) is 16.4 Å². The van der Waals surface area contributed by atoms with Gasteiger partial charge in [0.15, 0.2) is 6.61 Å². The molecule has 1 saturated heterocycles. The third-order valence-electron chi connectivity index (χ3n) is 6.72. The van der Waals surface area contributed by atoms with Crippen LogP contribution in [-0.4, -0.2) is 34.6 Å². The van der Waals surface area contributed by atoms with E-state index < -0.39 is 23.0 Å². The van der Waals surface area contributed by atoms with Gasteiger partial charge in [0.25, 0.3) is 5.91 Å². The van der Waals surface area contributed by atoms with Gasteiger partial charge in [0.2, 0.25) is 11.8 Å². The monoisotopic (exact) mass is 645 g/mol. The molecule has 3 heterocycles. The first kappa shape index (κ1) is 27.9. The van der Waals surface area contributed by atoms with Crippen molar-refractivity contribution in [3.63, 3.8) is 0 Å². The Morgan fingerprint density at radius 2 is 1.66 bits per heavy atom. The lowest BCUT2D eigenvalue weighted by Crippen LogP contribution is -2.32. The van der Waals surface area contributed by atoms with Gasteiger partial charge in [-0.15, -0.1) is 0 Å². The van der Waals surface area contributed by atoms with Crippen LogP contribution in [0.2, 0.25) is 15.1 Å².